The number of piperazine rings is 1. The summed E-state index contributed by atoms with van der Waals surface area (Å²) in [4.78, 5) is 25.3. The Morgan fingerprint density at radius 2 is 1.73 bits per heavy atom. The number of anilines is 1. The van der Waals surface area contributed by atoms with Crippen molar-refractivity contribution in [2.75, 3.05) is 37.7 Å². The first-order valence-corrected chi connectivity index (χ1v) is 10.3. The van der Waals surface area contributed by atoms with Gasteiger partial charge < -0.3 is 14.5 Å². The number of carbonyl (C=O) groups is 1. The lowest BCUT2D eigenvalue weighted by Crippen LogP contribution is -2.50. The lowest BCUT2D eigenvalue weighted by molar-refractivity contribution is -0.133. The maximum absolute atomic E-state index is 12.5. The molecule has 1 fully saturated rings. The van der Waals surface area contributed by atoms with Crippen LogP contribution in [-0.4, -0.2) is 53.6 Å². The summed E-state index contributed by atoms with van der Waals surface area (Å²) in [5.41, 5.74) is 1.93. The number of nitrogens with zero attached hydrogens (tertiary/aromatic N) is 4. The Morgan fingerprint density at radius 3 is 2.47 bits per heavy atom. The summed E-state index contributed by atoms with van der Waals surface area (Å²) in [6.07, 6.45) is 1.58. The van der Waals surface area contributed by atoms with Crippen molar-refractivity contribution in [2.24, 2.45) is 0 Å². The third-order valence-corrected chi connectivity index (χ3v) is 5.45. The summed E-state index contributed by atoms with van der Waals surface area (Å²) in [5.74, 6) is 1.23. The minimum atomic E-state index is -0.0756. The number of amides is 1. The molecule has 4 rings (SSSR count). The summed E-state index contributed by atoms with van der Waals surface area (Å²) in [5, 5.41) is 0.910. The lowest BCUT2D eigenvalue weighted by Gasteiger charge is -2.35. The minimum absolute atomic E-state index is 0.0625. The van der Waals surface area contributed by atoms with E-state index in [1.807, 2.05) is 36.4 Å². The number of benzene rings is 2. The van der Waals surface area contributed by atoms with E-state index < -0.39 is 0 Å². The zero-order chi connectivity index (χ0) is 20.9. The molecule has 2 heterocycles. The van der Waals surface area contributed by atoms with Crippen LogP contribution in [0.1, 0.15) is 0 Å². The van der Waals surface area contributed by atoms with E-state index in [2.05, 4.69) is 14.9 Å². The maximum atomic E-state index is 12.5. The highest BCUT2D eigenvalue weighted by atomic mass is 35.5. The topological polar surface area (TPSA) is 58.6 Å². The summed E-state index contributed by atoms with van der Waals surface area (Å²) in [6, 6.07) is 16.9. The van der Waals surface area contributed by atoms with Crippen LogP contribution in [0.3, 0.4) is 0 Å². The van der Waals surface area contributed by atoms with E-state index in [0.717, 1.165) is 17.1 Å². The average Bonchev–Trinajstić information content (AvgIpc) is 2.79. The summed E-state index contributed by atoms with van der Waals surface area (Å²) >= 11 is 12.0. The zero-order valence-electron chi connectivity index (χ0n) is 16.2. The van der Waals surface area contributed by atoms with Crippen LogP contribution in [-0.2, 0) is 4.79 Å². The highest BCUT2D eigenvalue weighted by Crippen LogP contribution is 2.27. The minimum Gasteiger partial charge on any atom is -0.482 e. The maximum Gasteiger partial charge on any atom is 0.260 e. The fourth-order valence-electron chi connectivity index (χ4n) is 3.29. The summed E-state index contributed by atoms with van der Waals surface area (Å²) in [7, 11) is 0. The molecule has 0 unspecified atom stereocenters. The van der Waals surface area contributed by atoms with Gasteiger partial charge in [0.05, 0.1) is 10.7 Å². The van der Waals surface area contributed by atoms with Gasteiger partial charge in [0.2, 0.25) is 0 Å². The Morgan fingerprint density at radius 1 is 0.967 bits per heavy atom. The lowest BCUT2D eigenvalue weighted by atomic mass is 10.1. The van der Waals surface area contributed by atoms with E-state index in [1.54, 1.807) is 29.4 Å². The van der Waals surface area contributed by atoms with Crippen molar-refractivity contribution < 1.29 is 9.53 Å². The first-order valence-electron chi connectivity index (χ1n) is 9.58. The molecule has 0 aliphatic carbocycles. The number of ether oxygens (including phenoxy) is 1. The molecule has 1 saturated heterocycles. The van der Waals surface area contributed by atoms with Crippen LogP contribution in [0.2, 0.25) is 10.0 Å². The molecule has 0 bridgehead atoms. The molecule has 1 aromatic heterocycles. The second-order valence-electron chi connectivity index (χ2n) is 6.86. The number of hydrogen-bond acceptors (Lipinski definition) is 5. The first-order chi connectivity index (χ1) is 14.6. The quantitative estimate of drug-likeness (QED) is 0.592. The van der Waals surface area contributed by atoms with Crippen molar-refractivity contribution >= 4 is 34.9 Å². The summed E-state index contributed by atoms with van der Waals surface area (Å²) < 4.78 is 5.57. The van der Waals surface area contributed by atoms with Gasteiger partial charge in [0.25, 0.3) is 5.91 Å². The van der Waals surface area contributed by atoms with Gasteiger partial charge in [-0.05, 0) is 18.2 Å². The van der Waals surface area contributed by atoms with Crippen molar-refractivity contribution in [1.82, 2.24) is 14.9 Å². The highest BCUT2D eigenvalue weighted by Gasteiger charge is 2.23. The molecule has 2 aromatic carbocycles. The molecule has 0 N–H and O–H groups in total. The van der Waals surface area contributed by atoms with E-state index in [4.69, 9.17) is 27.9 Å². The molecule has 30 heavy (non-hydrogen) atoms. The van der Waals surface area contributed by atoms with Gasteiger partial charge in [0.15, 0.2) is 6.61 Å². The van der Waals surface area contributed by atoms with Crippen LogP contribution in [0, 0.1) is 0 Å². The van der Waals surface area contributed by atoms with Crippen LogP contribution in [0.4, 0.5) is 5.82 Å². The molecule has 6 nitrogen and oxygen atoms in total. The molecule has 8 heteroatoms. The number of aromatic nitrogens is 2. The highest BCUT2D eigenvalue weighted by molar-refractivity contribution is 6.35. The molecule has 0 radical (unpaired) electrons. The molecular formula is C22H20Cl2N4O2. The van der Waals surface area contributed by atoms with E-state index in [0.29, 0.717) is 42.0 Å². The smallest absolute Gasteiger partial charge is 0.260 e. The van der Waals surface area contributed by atoms with E-state index in [-0.39, 0.29) is 12.5 Å². The van der Waals surface area contributed by atoms with Crippen molar-refractivity contribution in [2.45, 2.75) is 0 Å². The van der Waals surface area contributed by atoms with Crippen LogP contribution in [0.25, 0.3) is 11.3 Å². The van der Waals surface area contributed by atoms with Gasteiger partial charge in [-0.1, -0.05) is 53.5 Å². The van der Waals surface area contributed by atoms with Gasteiger partial charge >= 0.3 is 0 Å². The molecule has 154 valence electrons. The Bertz CT molecular complexity index is 1020. The van der Waals surface area contributed by atoms with Crippen molar-refractivity contribution in [1.29, 1.82) is 0 Å². The van der Waals surface area contributed by atoms with Gasteiger partial charge in [-0.2, -0.15) is 0 Å². The third kappa shape index (κ3) is 4.83. The first kappa shape index (κ1) is 20.4. The Labute approximate surface area is 185 Å². The largest absolute Gasteiger partial charge is 0.482 e. The monoisotopic (exact) mass is 442 g/mol. The molecular weight excluding hydrogens is 423 g/mol. The van der Waals surface area contributed by atoms with Crippen molar-refractivity contribution in [3.8, 4) is 17.0 Å². The third-order valence-electron chi connectivity index (χ3n) is 4.92. The zero-order valence-corrected chi connectivity index (χ0v) is 17.7. The average molecular weight is 443 g/mol. The summed E-state index contributed by atoms with van der Waals surface area (Å²) in [6.45, 7) is 2.52. The Hall–Kier alpha value is -2.83. The molecule has 1 amide bonds. The second-order valence-corrected chi connectivity index (χ2v) is 7.70. The van der Waals surface area contributed by atoms with E-state index in [1.165, 1.54) is 0 Å². The Kier molecular flexibility index (Phi) is 6.35. The molecule has 1 aliphatic rings. The molecule has 1 aliphatic heterocycles. The number of halogens is 2. The van der Waals surface area contributed by atoms with Gasteiger partial charge in [0.1, 0.15) is 17.9 Å². The van der Waals surface area contributed by atoms with Gasteiger partial charge in [-0.25, -0.2) is 9.97 Å². The van der Waals surface area contributed by atoms with Crippen molar-refractivity contribution in [3.05, 3.63) is 71.0 Å². The normalized spacial score (nSPS) is 13.9. The molecule has 0 spiro atoms. The molecule has 0 atom stereocenters. The molecule has 0 saturated carbocycles. The standard InChI is InChI=1S/C22H20Cl2N4O2/c23-17-6-7-20(18(24)12-17)30-14-22(29)28-10-8-27(9-11-28)21-13-19(25-15-26-21)16-4-2-1-3-5-16/h1-7,12-13,15H,8-11,14H2. The van der Waals surface area contributed by atoms with Crippen LogP contribution in [0.5, 0.6) is 5.75 Å². The van der Waals surface area contributed by atoms with Gasteiger partial charge in [0, 0.05) is 42.8 Å². The fraction of sp³-hybridized carbons (Fsp3) is 0.227. The SMILES string of the molecule is O=C(COc1ccc(Cl)cc1Cl)N1CCN(c2cc(-c3ccccc3)ncn2)CC1. The number of hydrogen-bond donors (Lipinski definition) is 0. The van der Waals surface area contributed by atoms with Crippen LogP contribution >= 0.6 is 23.2 Å². The van der Waals surface area contributed by atoms with Crippen molar-refractivity contribution in [3.63, 3.8) is 0 Å². The van der Waals surface area contributed by atoms with Gasteiger partial charge in [-0.15, -0.1) is 0 Å². The van der Waals surface area contributed by atoms with Crippen LogP contribution in [0.15, 0.2) is 60.9 Å². The Balaban J connectivity index is 1.33. The fourth-order valence-corrected chi connectivity index (χ4v) is 3.76. The predicted molar refractivity (Wildman–Crippen MR) is 118 cm³/mol. The number of rotatable bonds is 5. The number of carbonyl (C=O) groups excluding carboxylic acids is 1. The van der Waals surface area contributed by atoms with E-state index in [9.17, 15) is 4.79 Å². The second kappa shape index (κ2) is 9.32. The van der Waals surface area contributed by atoms with E-state index >= 15 is 0 Å². The predicted octanol–water partition coefficient (Wildman–Crippen LogP) is 4.18. The molecule has 3 aromatic rings. The van der Waals surface area contributed by atoms with Crippen LogP contribution < -0.4 is 9.64 Å². The van der Waals surface area contributed by atoms with Gasteiger partial charge in [-0.3, -0.25) is 4.79 Å².